The van der Waals surface area contributed by atoms with Gasteiger partial charge in [-0.15, -0.1) is 0 Å². The molecule has 3 heteroatoms. The molecule has 0 aromatic heterocycles. The lowest BCUT2D eigenvalue weighted by atomic mass is 10.0. The van der Waals surface area contributed by atoms with Gasteiger partial charge in [0.15, 0.2) is 0 Å². The Morgan fingerprint density at radius 1 is 1.40 bits per heavy atom. The van der Waals surface area contributed by atoms with E-state index in [4.69, 9.17) is 0 Å². The first-order valence-electron chi connectivity index (χ1n) is 3.40. The maximum atomic E-state index is 9.73. The zero-order valence-electron chi connectivity index (χ0n) is 6.66. The molecule has 0 saturated heterocycles. The molecule has 0 spiro atoms. The van der Waals surface area contributed by atoms with Gasteiger partial charge in [0, 0.05) is 6.21 Å². The van der Waals surface area contributed by atoms with E-state index in [9.17, 15) is 4.79 Å². The van der Waals surface area contributed by atoms with Gasteiger partial charge in [0.25, 0.3) is 0 Å². The summed E-state index contributed by atoms with van der Waals surface area (Å²) in [5.41, 5.74) is 2.22. The highest BCUT2D eigenvalue weighted by Gasteiger charge is 2.01. The minimum Gasteiger partial charge on any atom is -0.277 e. The molecule has 1 atom stereocenters. The molecule has 3 nitrogen and oxygen atoms in total. The maximum absolute atomic E-state index is 9.73. The lowest BCUT2D eigenvalue weighted by molar-refractivity contribution is -0.109. The van der Waals surface area contributed by atoms with Crippen LogP contribution in [0, 0.1) is 11.8 Å². The summed E-state index contributed by atoms with van der Waals surface area (Å²) in [6.07, 6.45) is 2.29. The van der Waals surface area contributed by atoms with E-state index in [1.165, 1.54) is 0 Å². The zero-order valence-corrected chi connectivity index (χ0v) is 6.66. The number of hydrazone groups is 1. The van der Waals surface area contributed by atoms with E-state index < -0.39 is 0 Å². The van der Waals surface area contributed by atoms with E-state index in [1.807, 2.05) is 0 Å². The summed E-state index contributed by atoms with van der Waals surface area (Å²) < 4.78 is 0. The fraction of sp³-hybridized carbons (Fsp3) is 0.714. The van der Waals surface area contributed by atoms with Crippen molar-refractivity contribution in [2.45, 2.75) is 20.8 Å². The van der Waals surface area contributed by atoms with Gasteiger partial charge in [-0.3, -0.25) is 10.2 Å². The lowest BCUT2D eigenvalue weighted by Crippen LogP contribution is -2.09. The van der Waals surface area contributed by atoms with Crippen LogP contribution in [0.5, 0.6) is 0 Å². The molecule has 0 aliphatic rings. The molecule has 1 unspecified atom stereocenters. The summed E-state index contributed by atoms with van der Waals surface area (Å²) in [4.78, 5) is 9.73. The minimum atomic E-state index is 0.410. The molecule has 0 rings (SSSR count). The molecule has 0 aromatic carbocycles. The average Bonchev–Trinajstić information content (AvgIpc) is 1.88. The summed E-state index contributed by atoms with van der Waals surface area (Å²) in [6, 6.07) is 0. The largest absolute Gasteiger partial charge is 0.277 e. The quantitative estimate of drug-likeness (QED) is 0.355. The van der Waals surface area contributed by atoms with Crippen LogP contribution in [0.3, 0.4) is 0 Å². The summed E-state index contributed by atoms with van der Waals surface area (Å²) >= 11 is 0. The number of nitrogens with zero attached hydrogens (tertiary/aromatic N) is 1. The number of hydrogen-bond acceptors (Lipinski definition) is 2. The van der Waals surface area contributed by atoms with Gasteiger partial charge in [0.2, 0.25) is 6.41 Å². The van der Waals surface area contributed by atoms with E-state index in [0.717, 1.165) is 0 Å². The van der Waals surface area contributed by atoms with Crippen molar-refractivity contribution in [3.8, 4) is 0 Å². The molecule has 0 fully saturated rings. The fourth-order valence-corrected chi connectivity index (χ4v) is 0.363. The Kier molecular flexibility index (Phi) is 4.54. The van der Waals surface area contributed by atoms with Crippen LogP contribution >= 0.6 is 0 Å². The van der Waals surface area contributed by atoms with E-state index >= 15 is 0 Å². The van der Waals surface area contributed by atoms with Crippen LogP contribution in [0.4, 0.5) is 0 Å². The lowest BCUT2D eigenvalue weighted by Gasteiger charge is -2.07. The van der Waals surface area contributed by atoms with Crippen molar-refractivity contribution >= 4 is 12.6 Å². The Balaban J connectivity index is 3.54. The maximum Gasteiger partial charge on any atom is 0.227 e. The molecule has 0 bridgehead atoms. The van der Waals surface area contributed by atoms with Crippen molar-refractivity contribution in [3.63, 3.8) is 0 Å². The first-order chi connectivity index (χ1) is 4.68. The molecule has 1 amide bonds. The fourth-order valence-electron chi connectivity index (χ4n) is 0.363. The predicted octanol–water partition coefficient (Wildman–Crippen LogP) is 1.01. The number of rotatable bonds is 4. The Morgan fingerprint density at radius 2 is 2.00 bits per heavy atom. The molecule has 10 heavy (non-hydrogen) atoms. The summed E-state index contributed by atoms with van der Waals surface area (Å²) in [5, 5.41) is 3.67. The van der Waals surface area contributed by atoms with Gasteiger partial charge >= 0.3 is 0 Å². The van der Waals surface area contributed by atoms with Crippen LogP contribution in [-0.4, -0.2) is 12.6 Å². The Labute approximate surface area is 61.5 Å². The zero-order chi connectivity index (χ0) is 7.98. The number of carbonyl (C=O) groups excluding carboxylic acids is 1. The van der Waals surface area contributed by atoms with E-state index in [1.54, 1.807) is 6.21 Å². The first kappa shape index (κ1) is 9.14. The molecule has 0 aliphatic heterocycles. The van der Waals surface area contributed by atoms with Gasteiger partial charge in [-0.05, 0) is 11.8 Å². The van der Waals surface area contributed by atoms with E-state index in [0.29, 0.717) is 18.2 Å². The molecule has 0 aromatic rings. The number of amides is 1. The van der Waals surface area contributed by atoms with Crippen LogP contribution in [-0.2, 0) is 4.79 Å². The summed E-state index contributed by atoms with van der Waals surface area (Å²) in [5.74, 6) is 0.977. The second kappa shape index (κ2) is 4.97. The average molecular weight is 142 g/mol. The highest BCUT2D eigenvalue weighted by atomic mass is 16.1. The topological polar surface area (TPSA) is 41.5 Å². The van der Waals surface area contributed by atoms with Gasteiger partial charge < -0.3 is 0 Å². The summed E-state index contributed by atoms with van der Waals surface area (Å²) in [6.45, 7) is 6.27. The highest BCUT2D eigenvalue weighted by molar-refractivity contribution is 5.61. The van der Waals surface area contributed by atoms with Crippen LogP contribution in [0.1, 0.15) is 20.8 Å². The molecule has 0 aliphatic carbocycles. The second-order valence-corrected chi connectivity index (χ2v) is 2.63. The SMILES string of the molecule is CC(C)C(C)/C=N\NC=O. The highest BCUT2D eigenvalue weighted by Crippen LogP contribution is 2.05. The standard InChI is InChI=1S/C7H14N2O/c1-6(2)7(3)4-8-9-5-10/h4-7H,1-3H3,(H,9,10)/b8-4-. The van der Waals surface area contributed by atoms with Gasteiger partial charge in [-0.25, -0.2) is 0 Å². The van der Waals surface area contributed by atoms with E-state index in [-0.39, 0.29) is 0 Å². The molecular weight excluding hydrogens is 128 g/mol. The predicted molar refractivity (Wildman–Crippen MR) is 41.7 cm³/mol. The number of carbonyl (C=O) groups is 1. The third-order valence-electron chi connectivity index (χ3n) is 1.49. The summed E-state index contributed by atoms with van der Waals surface area (Å²) in [7, 11) is 0. The second-order valence-electron chi connectivity index (χ2n) is 2.63. The van der Waals surface area contributed by atoms with Crippen molar-refractivity contribution in [1.82, 2.24) is 5.43 Å². The van der Waals surface area contributed by atoms with Crippen molar-refractivity contribution in [2.75, 3.05) is 0 Å². The molecule has 0 heterocycles. The monoisotopic (exact) mass is 142 g/mol. The number of hydrogen-bond donors (Lipinski definition) is 1. The Hall–Kier alpha value is -0.860. The molecule has 0 saturated carbocycles. The third-order valence-corrected chi connectivity index (χ3v) is 1.49. The molecule has 58 valence electrons. The van der Waals surface area contributed by atoms with Gasteiger partial charge in [0.1, 0.15) is 0 Å². The van der Waals surface area contributed by atoms with Crippen molar-refractivity contribution in [3.05, 3.63) is 0 Å². The number of nitrogens with one attached hydrogen (secondary N) is 1. The first-order valence-corrected chi connectivity index (χ1v) is 3.40. The van der Waals surface area contributed by atoms with Gasteiger partial charge in [0.05, 0.1) is 0 Å². The molecular formula is C7H14N2O. The molecule has 0 radical (unpaired) electrons. The van der Waals surface area contributed by atoms with Crippen molar-refractivity contribution in [2.24, 2.45) is 16.9 Å². The van der Waals surface area contributed by atoms with Crippen LogP contribution < -0.4 is 5.43 Å². The van der Waals surface area contributed by atoms with Crippen molar-refractivity contribution in [1.29, 1.82) is 0 Å². The minimum absolute atomic E-state index is 0.410. The molecule has 1 N–H and O–H groups in total. The van der Waals surface area contributed by atoms with Gasteiger partial charge in [-0.2, -0.15) is 5.10 Å². The normalized spacial score (nSPS) is 14.0. The van der Waals surface area contributed by atoms with E-state index in [2.05, 4.69) is 31.3 Å². The Morgan fingerprint density at radius 3 is 2.40 bits per heavy atom. The van der Waals surface area contributed by atoms with Crippen LogP contribution in [0.2, 0.25) is 0 Å². The van der Waals surface area contributed by atoms with Crippen LogP contribution in [0.15, 0.2) is 5.10 Å². The third kappa shape index (κ3) is 4.06. The van der Waals surface area contributed by atoms with Crippen molar-refractivity contribution < 1.29 is 4.79 Å². The Bertz CT molecular complexity index is 121. The smallest absolute Gasteiger partial charge is 0.227 e. The van der Waals surface area contributed by atoms with Gasteiger partial charge in [-0.1, -0.05) is 20.8 Å². The van der Waals surface area contributed by atoms with Crippen LogP contribution in [0.25, 0.3) is 0 Å².